The Kier molecular flexibility index (Phi) is 4.68. The van der Waals surface area contributed by atoms with Gasteiger partial charge >= 0.3 is 0 Å². The summed E-state index contributed by atoms with van der Waals surface area (Å²) in [7, 11) is -3.33. The molecule has 0 bridgehead atoms. The van der Waals surface area contributed by atoms with Crippen molar-refractivity contribution in [2.75, 3.05) is 11.6 Å². The van der Waals surface area contributed by atoms with Crippen molar-refractivity contribution in [3.05, 3.63) is 0 Å². The van der Waals surface area contributed by atoms with Gasteiger partial charge < -0.3 is 0 Å². The average Bonchev–Trinajstić information content (AvgIpc) is 1.89. The van der Waals surface area contributed by atoms with Gasteiger partial charge in [0.05, 0.1) is 5.75 Å². The summed E-state index contributed by atoms with van der Waals surface area (Å²) in [6.07, 6.45) is 1.75. The van der Waals surface area contributed by atoms with E-state index >= 15 is 0 Å². The highest BCUT2D eigenvalue weighted by molar-refractivity contribution is 7.92. The van der Waals surface area contributed by atoms with Gasteiger partial charge in [-0.05, 0) is 6.42 Å². The van der Waals surface area contributed by atoms with E-state index < -0.39 is 15.1 Å². The molecular formula is C6H10ClO3S. The zero-order chi connectivity index (χ0) is 8.91. The first-order valence-corrected chi connectivity index (χ1v) is 5.48. The Hall–Kier alpha value is -0.0900. The van der Waals surface area contributed by atoms with Crippen molar-refractivity contribution in [3.8, 4) is 0 Å². The molecule has 0 rings (SSSR count). The van der Waals surface area contributed by atoms with Crippen molar-refractivity contribution < 1.29 is 13.2 Å². The van der Waals surface area contributed by atoms with E-state index in [1.54, 1.807) is 6.92 Å². The molecule has 1 unspecified atom stereocenters. The minimum Gasteiger partial charge on any atom is -0.289 e. The fraction of sp³-hybridized carbons (Fsp3) is 0.833. The molecule has 0 aromatic carbocycles. The van der Waals surface area contributed by atoms with E-state index in [4.69, 9.17) is 11.6 Å². The molecule has 0 heterocycles. The minimum atomic E-state index is -3.33. The molecule has 0 saturated carbocycles. The zero-order valence-electron chi connectivity index (χ0n) is 6.21. The van der Waals surface area contributed by atoms with Crippen molar-refractivity contribution >= 4 is 27.7 Å². The Morgan fingerprint density at radius 2 is 2.09 bits per heavy atom. The minimum absolute atomic E-state index is 0.0283. The van der Waals surface area contributed by atoms with Gasteiger partial charge in [0.15, 0.2) is 9.84 Å². The number of carbonyl (C=O) groups excluding carboxylic acids is 1. The molecule has 1 atom stereocenters. The van der Waals surface area contributed by atoms with Gasteiger partial charge in [0, 0.05) is 5.88 Å². The van der Waals surface area contributed by atoms with E-state index in [0.29, 0.717) is 0 Å². The molecule has 0 aliphatic rings. The lowest BCUT2D eigenvalue weighted by molar-refractivity contribution is 0.543. The fourth-order valence-corrected chi connectivity index (χ4v) is 2.46. The van der Waals surface area contributed by atoms with Crippen molar-refractivity contribution in [1.82, 2.24) is 0 Å². The Morgan fingerprint density at radius 1 is 1.55 bits per heavy atom. The fourth-order valence-electron chi connectivity index (χ4n) is 0.660. The third-order valence-corrected chi connectivity index (χ3v) is 3.78. The van der Waals surface area contributed by atoms with Crippen LogP contribution in [0.5, 0.6) is 0 Å². The maximum absolute atomic E-state index is 11.0. The molecular weight excluding hydrogens is 188 g/mol. The van der Waals surface area contributed by atoms with Crippen LogP contribution in [0.2, 0.25) is 0 Å². The zero-order valence-corrected chi connectivity index (χ0v) is 7.78. The standard InChI is InChI=1S/C6H10ClO3S/c1-2-6(5-8)11(9,10)4-3-7/h6H,2-4H2,1H3. The first-order valence-electron chi connectivity index (χ1n) is 3.23. The Morgan fingerprint density at radius 3 is 2.36 bits per heavy atom. The monoisotopic (exact) mass is 197 g/mol. The third kappa shape index (κ3) is 3.20. The predicted molar refractivity (Wildman–Crippen MR) is 44.3 cm³/mol. The van der Waals surface area contributed by atoms with Crippen LogP contribution in [-0.2, 0) is 14.6 Å². The Bertz CT molecular complexity index is 210. The van der Waals surface area contributed by atoms with E-state index in [9.17, 15) is 13.2 Å². The highest BCUT2D eigenvalue weighted by Crippen LogP contribution is 2.04. The average molecular weight is 198 g/mol. The van der Waals surface area contributed by atoms with Crippen LogP contribution in [0.1, 0.15) is 13.3 Å². The highest BCUT2D eigenvalue weighted by atomic mass is 35.5. The summed E-state index contributed by atoms with van der Waals surface area (Å²) in [5.41, 5.74) is 0. The van der Waals surface area contributed by atoms with Gasteiger partial charge in [-0.2, -0.15) is 0 Å². The van der Waals surface area contributed by atoms with Crippen LogP contribution >= 0.6 is 11.6 Å². The first kappa shape index (κ1) is 10.9. The van der Waals surface area contributed by atoms with Gasteiger partial charge in [-0.15, -0.1) is 11.6 Å². The maximum atomic E-state index is 11.0. The summed E-state index contributed by atoms with van der Waals surface area (Å²) in [5.74, 6) is -0.122. The lowest BCUT2D eigenvalue weighted by Crippen LogP contribution is -2.25. The van der Waals surface area contributed by atoms with Gasteiger partial charge in [0.2, 0.25) is 6.29 Å². The third-order valence-electron chi connectivity index (χ3n) is 1.30. The largest absolute Gasteiger partial charge is 0.289 e. The summed E-state index contributed by atoms with van der Waals surface area (Å²) in [6, 6.07) is 0. The van der Waals surface area contributed by atoms with Crippen molar-refractivity contribution in [3.63, 3.8) is 0 Å². The smallest absolute Gasteiger partial charge is 0.217 e. The quantitative estimate of drug-likeness (QED) is 0.605. The van der Waals surface area contributed by atoms with E-state index in [-0.39, 0.29) is 18.1 Å². The van der Waals surface area contributed by atoms with Gasteiger partial charge in [-0.25, -0.2) is 8.42 Å². The normalized spacial score (nSPS) is 14.4. The lowest BCUT2D eigenvalue weighted by atomic mass is 10.4. The second-order valence-corrected chi connectivity index (χ2v) is 4.75. The van der Waals surface area contributed by atoms with Gasteiger partial charge in [0.1, 0.15) is 5.25 Å². The van der Waals surface area contributed by atoms with Crippen LogP contribution in [-0.4, -0.2) is 31.6 Å². The number of hydrogen-bond donors (Lipinski definition) is 0. The van der Waals surface area contributed by atoms with Crippen molar-refractivity contribution in [2.45, 2.75) is 18.6 Å². The van der Waals surface area contributed by atoms with E-state index in [0.717, 1.165) is 0 Å². The topological polar surface area (TPSA) is 51.2 Å². The number of rotatable bonds is 5. The van der Waals surface area contributed by atoms with Crippen LogP contribution < -0.4 is 0 Å². The Labute approximate surface area is 71.7 Å². The van der Waals surface area contributed by atoms with Gasteiger partial charge in [0.25, 0.3) is 0 Å². The van der Waals surface area contributed by atoms with Crippen LogP contribution in [0.15, 0.2) is 0 Å². The highest BCUT2D eigenvalue weighted by Gasteiger charge is 2.22. The molecule has 0 aliphatic carbocycles. The molecule has 0 aromatic rings. The number of sulfone groups is 1. The molecule has 0 fully saturated rings. The second-order valence-electron chi connectivity index (χ2n) is 2.07. The molecule has 0 amide bonds. The molecule has 11 heavy (non-hydrogen) atoms. The first-order chi connectivity index (χ1) is 5.08. The van der Waals surface area contributed by atoms with Crippen molar-refractivity contribution in [2.24, 2.45) is 0 Å². The molecule has 0 aliphatic heterocycles. The molecule has 65 valence electrons. The summed E-state index contributed by atoms with van der Waals surface area (Å²) < 4.78 is 22.1. The summed E-state index contributed by atoms with van der Waals surface area (Å²) in [4.78, 5) is 10.1. The molecule has 0 spiro atoms. The van der Waals surface area contributed by atoms with Crippen LogP contribution in [0.4, 0.5) is 0 Å². The number of hydrogen-bond acceptors (Lipinski definition) is 3. The summed E-state index contributed by atoms with van der Waals surface area (Å²) in [6.45, 7) is 1.63. The molecule has 3 nitrogen and oxygen atoms in total. The van der Waals surface area contributed by atoms with Crippen LogP contribution in [0.25, 0.3) is 0 Å². The van der Waals surface area contributed by atoms with Crippen LogP contribution in [0.3, 0.4) is 0 Å². The van der Waals surface area contributed by atoms with Crippen molar-refractivity contribution in [1.29, 1.82) is 0 Å². The molecule has 1 radical (unpaired) electrons. The Balaban J connectivity index is 4.38. The number of halogens is 1. The van der Waals surface area contributed by atoms with Crippen LogP contribution in [0, 0.1) is 0 Å². The van der Waals surface area contributed by atoms with E-state index in [1.807, 2.05) is 0 Å². The summed E-state index contributed by atoms with van der Waals surface area (Å²) >= 11 is 5.24. The lowest BCUT2D eigenvalue weighted by Gasteiger charge is -2.05. The maximum Gasteiger partial charge on any atom is 0.217 e. The molecule has 0 aromatic heterocycles. The number of alkyl halides is 1. The van der Waals surface area contributed by atoms with E-state index in [2.05, 4.69) is 0 Å². The van der Waals surface area contributed by atoms with E-state index in [1.165, 1.54) is 6.29 Å². The van der Waals surface area contributed by atoms with Gasteiger partial charge in [-0.1, -0.05) is 6.92 Å². The molecule has 0 saturated heterocycles. The second kappa shape index (κ2) is 4.72. The van der Waals surface area contributed by atoms with Gasteiger partial charge in [-0.3, -0.25) is 4.79 Å². The summed E-state index contributed by atoms with van der Waals surface area (Å²) in [5, 5.41) is -0.999. The predicted octanol–water partition coefficient (Wildman–Crippen LogP) is 0.528. The SMILES string of the molecule is CCC([C]=O)S(=O)(=O)CCCl. The molecule has 5 heteroatoms. The molecule has 0 N–H and O–H groups in total.